The number of hydrogen-bond acceptors (Lipinski definition) is 3. The number of rotatable bonds is 5. The minimum Gasteiger partial charge on any atom is -0.319 e. The van der Waals surface area contributed by atoms with Crippen molar-refractivity contribution in [3.05, 3.63) is 52.0 Å². The SMILES string of the molecule is CNCCc1nc(Cc2ccccc2)cs1. The molecule has 0 atom stereocenters. The normalized spacial score (nSPS) is 10.6. The van der Waals surface area contributed by atoms with Crippen LogP contribution in [0.2, 0.25) is 0 Å². The van der Waals surface area contributed by atoms with Crippen molar-refractivity contribution in [2.45, 2.75) is 12.8 Å². The van der Waals surface area contributed by atoms with E-state index in [1.54, 1.807) is 11.3 Å². The molecule has 2 rings (SSSR count). The molecular weight excluding hydrogens is 216 g/mol. The minimum absolute atomic E-state index is 0.941. The zero-order valence-electron chi connectivity index (χ0n) is 9.44. The number of nitrogens with one attached hydrogen (secondary N) is 1. The molecule has 1 heterocycles. The van der Waals surface area contributed by atoms with Crippen LogP contribution in [0.3, 0.4) is 0 Å². The average Bonchev–Trinajstić information content (AvgIpc) is 2.75. The van der Waals surface area contributed by atoms with Gasteiger partial charge in [-0.2, -0.15) is 0 Å². The summed E-state index contributed by atoms with van der Waals surface area (Å²) in [5.41, 5.74) is 2.51. The standard InChI is InChI=1S/C13H16N2S/c1-14-8-7-13-15-12(10-16-13)9-11-5-3-2-4-6-11/h2-6,10,14H,7-9H2,1H3. The van der Waals surface area contributed by atoms with Gasteiger partial charge in [-0.15, -0.1) is 11.3 Å². The molecule has 0 bridgehead atoms. The van der Waals surface area contributed by atoms with E-state index in [1.807, 2.05) is 13.1 Å². The van der Waals surface area contributed by atoms with Crippen molar-refractivity contribution >= 4 is 11.3 Å². The quantitative estimate of drug-likeness (QED) is 0.856. The minimum atomic E-state index is 0.941. The molecule has 0 aliphatic carbocycles. The molecule has 0 radical (unpaired) electrons. The van der Waals surface area contributed by atoms with Crippen LogP contribution >= 0.6 is 11.3 Å². The van der Waals surface area contributed by atoms with Crippen LogP contribution in [-0.2, 0) is 12.8 Å². The molecule has 0 fully saturated rings. The van der Waals surface area contributed by atoms with Gasteiger partial charge < -0.3 is 5.32 Å². The van der Waals surface area contributed by atoms with Crippen LogP contribution in [0.1, 0.15) is 16.3 Å². The van der Waals surface area contributed by atoms with Crippen LogP contribution < -0.4 is 5.32 Å². The van der Waals surface area contributed by atoms with Crippen molar-refractivity contribution in [3.63, 3.8) is 0 Å². The number of thiazole rings is 1. The van der Waals surface area contributed by atoms with E-state index < -0.39 is 0 Å². The van der Waals surface area contributed by atoms with Crippen LogP contribution in [0.5, 0.6) is 0 Å². The van der Waals surface area contributed by atoms with Crippen LogP contribution in [0.25, 0.3) is 0 Å². The maximum Gasteiger partial charge on any atom is 0.0941 e. The van der Waals surface area contributed by atoms with Crippen LogP contribution in [-0.4, -0.2) is 18.6 Å². The molecule has 0 aliphatic heterocycles. The molecule has 0 unspecified atom stereocenters. The smallest absolute Gasteiger partial charge is 0.0941 e. The first-order valence-corrected chi connectivity index (χ1v) is 6.38. The van der Waals surface area contributed by atoms with Gasteiger partial charge in [0.1, 0.15) is 0 Å². The van der Waals surface area contributed by atoms with Gasteiger partial charge in [-0.1, -0.05) is 30.3 Å². The predicted molar refractivity (Wildman–Crippen MR) is 69.0 cm³/mol. The fourth-order valence-electron chi connectivity index (χ4n) is 1.58. The lowest BCUT2D eigenvalue weighted by atomic mass is 10.1. The Morgan fingerprint density at radius 1 is 1.25 bits per heavy atom. The van der Waals surface area contributed by atoms with Gasteiger partial charge in [0.05, 0.1) is 10.7 Å². The van der Waals surface area contributed by atoms with Crippen molar-refractivity contribution in [2.24, 2.45) is 0 Å². The van der Waals surface area contributed by atoms with Gasteiger partial charge in [0, 0.05) is 24.8 Å². The molecule has 84 valence electrons. The summed E-state index contributed by atoms with van der Waals surface area (Å²) >= 11 is 1.76. The first kappa shape index (κ1) is 11.3. The molecule has 0 spiro atoms. The lowest BCUT2D eigenvalue weighted by molar-refractivity contribution is 0.785. The van der Waals surface area contributed by atoms with Gasteiger partial charge in [0.25, 0.3) is 0 Å². The van der Waals surface area contributed by atoms with Gasteiger partial charge in [0.15, 0.2) is 0 Å². The second kappa shape index (κ2) is 5.77. The van der Waals surface area contributed by atoms with Crippen molar-refractivity contribution in [2.75, 3.05) is 13.6 Å². The zero-order chi connectivity index (χ0) is 11.2. The zero-order valence-corrected chi connectivity index (χ0v) is 10.3. The lowest BCUT2D eigenvalue weighted by Gasteiger charge is -1.97. The number of likely N-dealkylation sites (N-methyl/N-ethyl adjacent to an activating group) is 1. The fraction of sp³-hybridized carbons (Fsp3) is 0.308. The third kappa shape index (κ3) is 3.15. The Kier molecular flexibility index (Phi) is 4.08. The predicted octanol–water partition coefficient (Wildman–Crippen LogP) is 2.50. The van der Waals surface area contributed by atoms with E-state index in [0.29, 0.717) is 0 Å². The van der Waals surface area contributed by atoms with E-state index in [0.717, 1.165) is 19.4 Å². The molecule has 1 N–H and O–H groups in total. The first-order valence-electron chi connectivity index (χ1n) is 5.50. The largest absolute Gasteiger partial charge is 0.319 e. The van der Waals surface area contributed by atoms with Crippen LogP contribution in [0.4, 0.5) is 0 Å². The van der Waals surface area contributed by atoms with Gasteiger partial charge in [-0.3, -0.25) is 0 Å². The Labute approximate surface area is 100 Å². The van der Waals surface area contributed by atoms with Gasteiger partial charge in [0.2, 0.25) is 0 Å². The topological polar surface area (TPSA) is 24.9 Å². The van der Waals surface area contributed by atoms with E-state index >= 15 is 0 Å². The maximum absolute atomic E-state index is 4.62. The summed E-state index contributed by atoms with van der Waals surface area (Å²) in [5.74, 6) is 0. The van der Waals surface area contributed by atoms with E-state index in [-0.39, 0.29) is 0 Å². The van der Waals surface area contributed by atoms with Gasteiger partial charge >= 0.3 is 0 Å². The molecule has 1 aromatic carbocycles. The highest BCUT2D eigenvalue weighted by molar-refractivity contribution is 7.09. The molecule has 3 heteroatoms. The maximum atomic E-state index is 4.62. The van der Waals surface area contributed by atoms with Crippen molar-refractivity contribution in [1.29, 1.82) is 0 Å². The highest BCUT2D eigenvalue weighted by Gasteiger charge is 2.02. The Hall–Kier alpha value is -1.19. The summed E-state index contributed by atoms with van der Waals surface area (Å²) in [6.45, 7) is 0.998. The lowest BCUT2D eigenvalue weighted by Crippen LogP contribution is -2.10. The second-order valence-corrected chi connectivity index (χ2v) is 4.69. The summed E-state index contributed by atoms with van der Waals surface area (Å²) in [6.07, 6.45) is 1.97. The number of aromatic nitrogens is 1. The number of nitrogens with zero attached hydrogens (tertiary/aromatic N) is 1. The van der Waals surface area contributed by atoms with Gasteiger partial charge in [-0.05, 0) is 12.6 Å². The summed E-state index contributed by atoms with van der Waals surface area (Å²) in [4.78, 5) is 4.62. The molecule has 2 aromatic rings. The molecule has 0 saturated heterocycles. The Morgan fingerprint density at radius 3 is 2.81 bits per heavy atom. The summed E-state index contributed by atoms with van der Waals surface area (Å²) in [5, 5.41) is 6.53. The molecule has 16 heavy (non-hydrogen) atoms. The third-order valence-corrected chi connectivity index (χ3v) is 3.37. The van der Waals surface area contributed by atoms with Crippen molar-refractivity contribution < 1.29 is 0 Å². The van der Waals surface area contributed by atoms with Crippen LogP contribution in [0.15, 0.2) is 35.7 Å². The molecular formula is C13H16N2S. The summed E-state index contributed by atoms with van der Waals surface area (Å²) < 4.78 is 0. The van der Waals surface area contributed by atoms with Gasteiger partial charge in [-0.25, -0.2) is 4.98 Å². The first-order chi connectivity index (χ1) is 7.88. The molecule has 1 aromatic heterocycles. The van der Waals surface area contributed by atoms with E-state index in [2.05, 4.69) is 39.9 Å². The van der Waals surface area contributed by atoms with E-state index in [4.69, 9.17) is 0 Å². The Balaban J connectivity index is 1.97. The monoisotopic (exact) mass is 232 g/mol. The van der Waals surface area contributed by atoms with E-state index in [1.165, 1.54) is 16.3 Å². The molecule has 0 aliphatic rings. The summed E-state index contributed by atoms with van der Waals surface area (Å²) in [6, 6.07) is 10.5. The number of hydrogen-bond donors (Lipinski definition) is 1. The molecule has 2 nitrogen and oxygen atoms in total. The average molecular weight is 232 g/mol. The van der Waals surface area contributed by atoms with Crippen molar-refractivity contribution in [1.82, 2.24) is 10.3 Å². The highest BCUT2D eigenvalue weighted by Crippen LogP contribution is 2.14. The molecule has 0 amide bonds. The Bertz CT molecular complexity index is 423. The Morgan fingerprint density at radius 2 is 2.06 bits per heavy atom. The number of benzene rings is 1. The van der Waals surface area contributed by atoms with Crippen LogP contribution in [0, 0.1) is 0 Å². The fourth-order valence-corrected chi connectivity index (χ4v) is 2.38. The highest BCUT2D eigenvalue weighted by atomic mass is 32.1. The van der Waals surface area contributed by atoms with E-state index in [9.17, 15) is 0 Å². The molecule has 0 saturated carbocycles. The third-order valence-electron chi connectivity index (χ3n) is 2.42. The van der Waals surface area contributed by atoms with Crippen molar-refractivity contribution in [3.8, 4) is 0 Å². The summed E-state index contributed by atoms with van der Waals surface area (Å²) in [7, 11) is 1.97. The second-order valence-electron chi connectivity index (χ2n) is 3.75.